The van der Waals surface area contributed by atoms with E-state index in [9.17, 15) is 13.6 Å². The van der Waals surface area contributed by atoms with Crippen molar-refractivity contribution in [3.8, 4) is 0 Å². The summed E-state index contributed by atoms with van der Waals surface area (Å²) in [4.78, 5) is 11.9. The topological polar surface area (TPSA) is 29.1 Å². The quantitative estimate of drug-likeness (QED) is 0.900. The molecule has 0 heterocycles. The number of hydrogen-bond acceptors (Lipinski definition) is 1. The minimum Gasteiger partial charge on any atom is -0.345 e. The normalized spacial score (nSPS) is 11.9. The molecule has 0 radical (unpaired) electrons. The van der Waals surface area contributed by atoms with Crippen molar-refractivity contribution in [2.45, 2.75) is 13.0 Å². The molecule has 0 unspecified atom stereocenters. The summed E-state index contributed by atoms with van der Waals surface area (Å²) in [6.45, 7) is 1.78. The third-order valence-electron chi connectivity index (χ3n) is 2.82. The Balaban J connectivity index is 2.15. The molecule has 1 atom stereocenters. The van der Waals surface area contributed by atoms with Crippen LogP contribution in [0.25, 0.3) is 0 Å². The van der Waals surface area contributed by atoms with Gasteiger partial charge in [0.2, 0.25) is 0 Å². The van der Waals surface area contributed by atoms with Gasteiger partial charge in [0.25, 0.3) is 5.91 Å². The van der Waals surface area contributed by atoms with E-state index in [-0.39, 0.29) is 11.6 Å². The molecule has 0 saturated heterocycles. The van der Waals surface area contributed by atoms with E-state index in [1.165, 1.54) is 0 Å². The average Bonchev–Trinajstić information content (AvgIpc) is 2.42. The van der Waals surface area contributed by atoms with E-state index in [2.05, 4.69) is 5.32 Å². The Morgan fingerprint density at radius 1 is 1.11 bits per heavy atom. The summed E-state index contributed by atoms with van der Waals surface area (Å²) >= 11 is 0. The molecule has 2 aromatic carbocycles. The van der Waals surface area contributed by atoms with Crippen LogP contribution in [-0.4, -0.2) is 5.91 Å². The first-order valence-corrected chi connectivity index (χ1v) is 5.89. The van der Waals surface area contributed by atoms with Crippen LogP contribution < -0.4 is 5.32 Å². The van der Waals surface area contributed by atoms with E-state index in [0.717, 1.165) is 23.8 Å². The van der Waals surface area contributed by atoms with Crippen molar-refractivity contribution < 1.29 is 13.6 Å². The van der Waals surface area contributed by atoms with E-state index in [1.807, 2.05) is 30.3 Å². The third kappa shape index (κ3) is 3.16. The predicted octanol–water partition coefficient (Wildman–Crippen LogP) is 3.46. The Labute approximate surface area is 110 Å². The maximum absolute atomic E-state index is 13.4. The van der Waals surface area contributed by atoms with E-state index in [0.29, 0.717) is 0 Å². The van der Waals surface area contributed by atoms with Gasteiger partial charge in [0, 0.05) is 0 Å². The molecule has 4 heteroatoms. The zero-order chi connectivity index (χ0) is 13.8. The second-order valence-corrected chi connectivity index (χ2v) is 4.23. The molecule has 0 bridgehead atoms. The van der Waals surface area contributed by atoms with Gasteiger partial charge < -0.3 is 5.32 Å². The van der Waals surface area contributed by atoms with Gasteiger partial charge in [0.05, 0.1) is 11.6 Å². The number of benzene rings is 2. The van der Waals surface area contributed by atoms with Crippen LogP contribution in [0.3, 0.4) is 0 Å². The van der Waals surface area contributed by atoms with Crippen LogP contribution >= 0.6 is 0 Å². The average molecular weight is 261 g/mol. The Kier molecular flexibility index (Phi) is 3.90. The first-order valence-electron chi connectivity index (χ1n) is 5.89. The van der Waals surface area contributed by atoms with Gasteiger partial charge in [-0.25, -0.2) is 8.78 Å². The van der Waals surface area contributed by atoms with Gasteiger partial charge in [0.1, 0.15) is 11.6 Å². The number of amides is 1. The minimum absolute atomic E-state index is 0.281. The summed E-state index contributed by atoms with van der Waals surface area (Å²) < 4.78 is 26.5. The van der Waals surface area contributed by atoms with Gasteiger partial charge >= 0.3 is 0 Å². The van der Waals surface area contributed by atoms with Gasteiger partial charge in [-0.1, -0.05) is 30.3 Å². The lowest BCUT2D eigenvalue weighted by molar-refractivity contribution is 0.0935. The monoisotopic (exact) mass is 261 g/mol. The molecular weight excluding hydrogens is 248 g/mol. The van der Waals surface area contributed by atoms with Crippen molar-refractivity contribution in [3.63, 3.8) is 0 Å². The number of rotatable bonds is 3. The lowest BCUT2D eigenvalue weighted by atomic mass is 10.1. The Hall–Kier alpha value is -2.23. The molecule has 19 heavy (non-hydrogen) atoms. The van der Waals surface area contributed by atoms with Gasteiger partial charge in [-0.3, -0.25) is 4.79 Å². The summed E-state index contributed by atoms with van der Waals surface area (Å²) in [6.07, 6.45) is 0. The van der Waals surface area contributed by atoms with Crippen molar-refractivity contribution in [1.29, 1.82) is 0 Å². The molecule has 0 fully saturated rings. The van der Waals surface area contributed by atoms with Crippen LogP contribution in [0.15, 0.2) is 48.5 Å². The fraction of sp³-hybridized carbons (Fsp3) is 0.133. The number of nitrogens with one attached hydrogen (secondary N) is 1. The summed E-state index contributed by atoms with van der Waals surface area (Å²) in [6, 6.07) is 11.8. The largest absolute Gasteiger partial charge is 0.345 e. The van der Waals surface area contributed by atoms with Gasteiger partial charge in [-0.05, 0) is 30.7 Å². The van der Waals surface area contributed by atoms with Gasteiger partial charge in [-0.15, -0.1) is 0 Å². The lowest BCUT2D eigenvalue weighted by Gasteiger charge is -2.14. The molecule has 2 rings (SSSR count). The van der Waals surface area contributed by atoms with Crippen LogP contribution in [0.5, 0.6) is 0 Å². The third-order valence-corrected chi connectivity index (χ3v) is 2.82. The van der Waals surface area contributed by atoms with Crippen LogP contribution in [-0.2, 0) is 0 Å². The van der Waals surface area contributed by atoms with Crippen LogP contribution in [0.2, 0.25) is 0 Å². The molecule has 0 aliphatic heterocycles. The van der Waals surface area contributed by atoms with Crippen molar-refractivity contribution in [1.82, 2.24) is 5.32 Å². The van der Waals surface area contributed by atoms with Crippen molar-refractivity contribution in [2.24, 2.45) is 0 Å². The fourth-order valence-electron chi connectivity index (χ4n) is 1.77. The first kappa shape index (κ1) is 13.2. The maximum atomic E-state index is 13.4. The summed E-state index contributed by atoms with van der Waals surface area (Å²) in [5, 5.41) is 2.63. The number of carbonyl (C=O) groups is 1. The van der Waals surface area contributed by atoms with Crippen LogP contribution in [0, 0.1) is 11.6 Å². The molecule has 2 aromatic rings. The van der Waals surface area contributed by atoms with Gasteiger partial charge in [0.15, 0.2) is 0 Å². The number of hydrogen-bond donors (Lipinski definition) is 1. The number of halogens is 2. The zero-order valence-corrected chi connectivity index (χ0v) is 10.4. The second kappa shape index (κ2) is 5.61. The Morgan fingerprint density at radius 2 is 1.79 bits per heavy atom. The SMILES string of the molecule is C[C@@H](NC(=O)c1cc(F)ccc1F)c1ccccc1. The minimum atomic E-state index is -0.737. The van der Waals surface area contributed by atoms with Crippen LogP contribution in [0.4, 0.5) is 8.78 Å². The highest BCUT2D eigenvalue weighted by Crippen LogP contribution is 2.14. The Morgan fingerprint density at radius 3 is 2.47 bits per heavy atom. The fourth-order valence-corrected chi connectivity index (χ4v) is 1.77. The first-order chi connectivity index (χ1) is 9.08. The van der Waals surface area contributed by atoms with E-state index in [4.69, 9.17) is 0 Å². The molecule has 0 aromatic heterocycles. The molecular formula is C15H13F2NO. The second-order valence-electron chi connectivity index (χ2n) is 4.23. The molecule has 1 amide bonds. The molecule has 0 spiro atoms. The highest BCUT2D eigenvalue weighted by atomic mass is 19.1. The zero-order valence-electron chi connectivity index (χ0n) is 10.4. The molecule has 2 nitrogen and oxygen atoms in total. The summed E-state index contributed by atoms with van der Waals surface area (Å²) in [7, 11) is 0. The Bertz CT molecular complexity index is 584. The predicted molar refractivity (Wildman–Crippen MR) is 68.7 cm³/mol. The molecule has 0 saturated carbocycles. The molecule has 1 N–H and O–H groups in total. The van der Waals surface area contributed by atoms with E-state index < -0.39 is 17.5 Å². The van der Waals surface area contributed by atoms with E-state index >= 15 is 0 Å². The molecule has 0 aliphatic carbocycles. The van der Waals surface area contributed by atoms with E-state index in [1.54, 1.807) is 6.92 Å². The van der Waals surface area contributed by atoms with Crippen molar-refractivity contribution in [3.05, 3.63) is 71.3 Å². The molecule has 0 aliphatic rings. The van der Waals surface area contributed by atoms with Crippen molar-refractivity contribution >= 4 is 5.91 Å². The summed E-state index contributed by atoms with van der Waals surface area (Å²) in [5.41, 5.74) is 0.607. The van der Waals surface area contributed by atoms with Crippen LogP contribution in [0.1, 0.15) is 28.9 Å². The number of carbonyl (C=O) groups excluding carboxylic acids is 1. The summed E-state index contributed by atoms with van der Waals surface area (Å²) in [5.74, 6) is -2.01. The molecule has 98 valence electrons. The maximum Gasteiger partial charge on any atom is 0.254 e. The van der Waals surface area contributed by atoms with Gasteiger partial charge in [-0.2, -0.15) is 0 Å². The highest BCUT2D eigenvalue weighted by Gasteiger charge is 2.15. The lowest BCUT2D eigenvalue weighted by Crippen LogP contribution is -2.27. The van der Waals surface area contributed by atoms with Crippen molar-refractivity contribution in [2.75, 3.05) is 0 Å². The highest BCUT2D eigenvalue weighted by molar-refractivity contribution is 5.94. The smallest absolute Gasteiger partial charge is 0.254 e. The standard InChI is InChI=1S/C15H13F2NO/c1-10(11-5-3-2-4-6-11)18-15(19)13-9-12(16)7-8-14(13)17/h2-10H,1H3,(H,18,19)/t10-/m1/s1.